The van der Waals surface area contributed by atoms with Crippen LogP contribution in [0, 0.1) is 0 Å². The third kappa shape index (κ3) is 8.59. The van der Waals surface area contributed by atoms with Crippen molar-refractivity contribution in [1.82, 2.24) is 10.6 Å². The first-order valence-electron chi connectivity index (χ1n) is 7.98. The number of rotatable bonds is 9. The summed E-state index contributed by atoms with van der Waals surface area (Å²) in [6.45, 7) is 5.50. The average Bonchev–Trinajstić information content (AvgIpc) is 2.59. The molecule has 25 heavy (non-hydrogen) atoms. The van der Waals surface area contributed by atoms with Gasteiger partial charge in [-0.05, 0) is 31.5 Å². The molecule has 1 aromatic carbocycles. The highest BCUT2D eigenvalue weighted by Gasteiger charge is 2.12. The Morgan fingerprint density at radius 2 is 1.76 bits per heavy atom. The molecule has 1 rings (SSSR count). The third-order valence-corrected chi connectivity index (χ3v) is 3.32. The van der Waals surface area contributed by atoms with Crippen LogP contribution in [-0.4, -0.2) is 58.1 Å². The molecular formula is C17H30IN3O4. The van der Waals surface area contributed by atoms with Gasteiger partial charge in [0.1, 0.15) is 11.5 Å². The molecule has 0 saturated heterocycles. The number of halogens is 1. The van der Waals surface area contributed by atoms with Crippen LogP contribution in [0.15, 0.2) is 23.2 Å². The molecule has 2 atom stereocenters. The van der Waals surface area contributed by atoms with Gasteiger partial charge in [-0.3, -0.25) is 4.99 Å². The molecule has 3 N–H and O–H groups in total. The summed E-state index contributed by atoms with van der Waals surface area (Å²) < 4.78 is 15.6. The normalized spacial score (nSPS) is 13.4. The molecule has 0 saturated carbocycles. The Morgan fingerprint density at radius 3 is 2.24 bits per heavy atom. The van der Waals surface area contributed by atoms with Crippen molar-refractivity contribution < 1.29 is 19.3 Å². The van der Waals surface area contributed by atoms with Gasteiger partial charge in [-0.25, -0.2) is 0 Å². The van der Waals surface area contributed by atoms with Gasteiger partial charge in [-0.1, -0.05) is 0 Å². The maximum absolute atomic E-state index is 10.4. The summed E-state index contributed by atoms with van der Waals surface area (Å²) in [6, 6.07) is 5.42. The zero-order valence-corrected chi connectivity index (χ0v) is 17.9. The van der Waals surface area contributed by atoms with Crippen molar-refractivity contribution in [3.05, 3.63) is 23.8 Å². The lowest BCUT2D eigenvalue weighted by Crippen LogP contribution is -2.44. The van der Waals surface area contributed by atoms with Gasteiger partial charge in [0.25, 0.3) is 0 Å². The zero-order chi connectivity index (χ0) is 17.9. The predicted molar refractivity (Wildman–Crippen MR) is 110 cm³/mol. The maximum atomic E-state index is 10.4. The number of nitrogens with zero attached hydrogens (tertiary/aromatic N) is 1. The Kier molecular flexibility index (Phi) is 12.4. The number of aliphatic hydroxyl groups is 1. The van der Waals surface area contributed by atoms with Crippen molar-refractivity contribution in [2.75, 3.05) is 41.0 Å². The molecule has 0 radical (unpaired) electrons. The molecule has 7 nitrogen and oxygen atoms in total. The van der Waals surface area contributed by atoms with Crippen LogP contribution in [0.25, 0.3) is 0 Å². The number of nitrogens with one attached hydrogen (secondary N) is 2. The Labute approximate surface area is 167 Å². The number of benzene rings is 1. The van der Waals surface area contributed by atoms with Crippen molar-refractivity contribution in [2.45, 2.75) is 26.0 Å². The highest BCUT2D eigenvalue weighted by Crippen LogP contribution is 2.26. The molecule has 0 bridgehead atoms. The van der Waals surface area contributed by atoms with Gasteiger partial charge < -0.3 is 30.0 Å². The lowest BCUT2D eigenvalue weighted by molar-refractivity contribution is 0.178. The number of hydrogen-bond acceptors (Lipinski definition) is 5. The monoisotopic (exact) mass is 467 g/mol. The van der Waals surface area contributed by atoms with E-state index in [1.807, 2.05) is 13.8 Å². The molecule has 0 spiro atoms. The largest absolute Gasteiger partial charge is 0.497 e. The Hall–Kier alpha value is -1.26. The molecule has 0 amide bonds. The van der Waals surface area contributed by atoms with E-state index < -0.39 is 6.10 Å². The van der Waals surface area contributed by atoms with Gasteiger partial charge in [0, 0.05) is 25.8 Å². The van der Waals surface area contributed by atoms with Crippen molar-refractivity contribution in [2.24, 2.45) is 4.99 Å². The second-order valence-corrected chi connectivity index (χ2v) is 5.38. The maximum Gasteiger partial charge on any atom is 0.191 e. The van der Waals surface area contributed by atoms with Crippen LogP contribution in [0.4, 0.5) is 0 Å². The van der Waals surface area contributed by atoms with Gasteiger partial charge in [0.2, 0.25) is 0 Å². The van der Waals surface area contributed by atoms with E-state index in [1.165, 1.54) is 0 Å². The zero-order valence-electron chi connectivity index (χ0n) is 15.5. The summed E-state index contributed by atoms with van der Waals surface area (Å²) in [5.74, 6) is 1.90. The minimum atomic E-state index is -0.762. The first kappa shape index (κ1) is 23.7. The van der Waals surface area contributed by atoms with Crippen molar-refractivity contribution in [3.8, 4) is 11.5 Å². The minimum absolute atomic E-state index is 0. The molecule has 0 aliphatic heterocycles. The highest BCUT2D eigenvalue weighted by atomic mass is 127. The number of guanidine groups is 1. The fourth-order valence-corrected chi connectivity index (χ4v) is 2.15. The van der Waals surface area contributed by atoms with Gasteiger partial charge in [-0.15, -0.1) is 24.0 Å². The molecule has 8 heteroatoms. The van der Waals surface area contributed by atoms with Crippen molar-refractivity contribution in [1.29, 1.82) is 0 Å². The standard InChI is InChI=1S/C17H29N3O4.HI/c1-6-18-17(20-12(2)11-22-3)19-10-16(21)13-7-14(23-4)9-15(8-13)24-5;/h7-9,12,16,21H,6,10-11H2,1-5H3,(H2,18,19,20);1H. The van der Waals surface area contributed by atoms with E-state index in [2.05, 4.69) is 15.6 Å². The van der Waals surface area contributed by atoms with E-state index in [0.717, 1.165) is 6.54 Å². The van der Waals surface area contributed by atoms with Crippen LogP contribution >= 0.6 is 24.0 Å². The molecular weight excluding hydrogens is 437 g/mol. The Bertz CT molecular complexity index is 506. The number of hydrogen-bond donors (Lipinski definition) is 3. The summed E-state index contributed by atoms with van der Waals surface area (Å²) in [6.07, 6.45) is -0.762. The third-order valence-electron chi connectivity index (χ3n) is 3.32. The number of aliphatic hydroxyl groups excluding tert-OH is 1. The van der Waals surface area contributed by atoms with E-state index in [0.29, 0.717) is 29.6 Å². The first-order valence-corrected chi connectivity index (χ1v) is 7.98. The van der Waals surface area contributed by atoms with Crippen LogP contribution in [0.3, 0.4) is 0 Å². The molecule has 0 heterocycles. The van der Waals surface area contributed by atoms with Crippen LogP contribution in [-0.2, 0) is 4.74 Å². The topological polar surface area (TPSA) is 84.3 Å². The van der Waals surface area contributed by atoms with Crippen LogP contribution in [0.5, 0.6) is 11.5 Å². The number of aliphatic imine (C=N–C) groups is 1. The summed E-state index contributed by atoms with van der Waals surface area (Å²) >= 11 is 0. The lowest BCUT2D eigenvalue weighted by atomic mass is 10.1. The highest BCUT2D eigenvalue weighted by molar-refractivity contribution is 14.0. The van der Waals surface area contributed by atoms with Crippen molar-refractivity contribution >= 4 is 29.9 Å². The molecule has 0 aromatic heterocycles. The molecule has 2 unspecified atom stereocenters. The Morgan fingerprint density at radius 1 is 1.16 bits per heavy atom. The van der Waals surface area contributed by atoms with Gasteiger partial charge in [-0.2, -0.15) is 0 Å². The van der Waals surface area contributed by atoms with E-state index in [1.54, 1.807) is 39.5 Å². The summed E-state index contributed by atoms with van der Waals surface area (Å²) in [5, 5.41) is 16.8. The quantitative estimate of drug-likeness (QED) is 0.293. The smallest absolute Gasteiger partial charge is 0.191 e. The number of methoxy groups -OCH3 is 3. The average molecular weight is 467 g/mol. The second-order valence-electron chi connectivity index (χ2n) is 5.38. The molecule has 144 valence electrons. The fourth-order valence-electron chi connectivity index (χ4n) is 2.15. The minimum Gasteiger partial charge on any atom is -0.497 e. The fraction of sp³-hybridized carbons (Fsp3) is 0.588. The summed E-state index contributed by atoms with van der Waals surface area (Å²) in [7, 11) is 4.81. The SMILES string of the molecule is CCNC(=NCC(O)c1cc(OC)cc(OC)c1)NC(C)COC.I. The van der Waals surface area contributed by atoms with Crippen molar-refractivity contribution in [3.63, 3.8) is 0 Å². The molecule has 0 aliphatic carbocycles. The summed E-state index contributed by atoms with van der Waals surface area (Å²) in [4.78, 5) is 4.43. The van der Waals surface area contributed by atoms with E-state index >= 15 is 0 Å². The lowest BCUT2D eigenvalue weighted by Gasteiger charge is -2.18. The molecule has 1 aromatic rings. The predicted octanol–water partition coefficient (Wildman–Crippen LogP) is 1.95. The van der Waals surface area contributed by atoms with E-state index in [-0.39, 0.29) is 36.6 Å². The number of ether oxygens (including phenoxy) is 3. The van der Waals surface area contributed by atoms with E-state index in [9.17, 15) is 5.11 Å². The first-order chi connectivity index (χ1) is 11.5. The van der Waals surface area contributed by atoms with Gasteiger partial charge in [0.15, 0.2) is 5.96 Å². The molecule has 0 fully saturated rings. The summed E-state index contributed by atoms with van der Waals surface area (Å²) in [5.41, 5.74) is 0.690. The Balaban J connectivity index is 0.00000576. The van der Waals surface area contributed by atoms with Crippen LogP contribution < -0.4 is 20.1 Å². The van der Waals surface area contributed by atoms with Gasteiger partial charge in [0.05, 0.1) is 33.5 Å². The van der Waals surface area contributed by atoms with E-state index in [4.69, 9.17) is 14.2 Å². The van der Waals surface area contributed by atoms with Gasteiger partial charge >= 0.3 is 0 Å². The second kappa shape index (κ2) is 13.0. The van der Waals surface area contributed by atoms with Crippen LogP contribution in [0.2, 0.25) is 0 Å². The molecule has 0 aliphatic rings. The van der Waals surface area contributed by atoms with Crippen LogP contribution in [0.1, 0.15) is 25.5 Å².